The van der Waals surface area contributed by atoms with Crippen molar-refractivity contribution in [2.45, 2.75) is 6.54 Å². The summed E-state index contributed by atoms with van der Waals surface area (Å²) >= 11 is 6.91. The Kier molecular flexibility index (Phi) is 3.18. The molecule has 0 bridgehead atoms. The summed E-state index contributed by atoms with van der Waals surface area (Å²) in [6.45, 7) is 0.722. The fraction of sp³-hybridized carbons (Fsp3) is 0.0769. The topological polar surface area (TPSA) is 30.7 Å². The van der Waals surface area contributed by atoms with Crippen molar-refractivity contribution in [2.75, 3.05) is 0 Å². The molecule has 0 aliphatic carbocycles. The van der Waals surface area contributed by atoms with Crippen LogP contribution in [0.4, 0.5) is 0 Å². The summed E-state index contributed by atoms with van der Waals surface area (Å²) in [5.41, 5.74) is 3.13. The molecule has 0 amide bonds. The normalized spacial score (nSPS) is 11.0. The Morgan fingerprint density at radius 3 is 2.56 bits per heavy atom. The van der Waals surface area contributed by atoms with Crippen molar-refractivity contribution in [2.24, 2.45) is 0 Å². The van der Waals surface area contributed by atoms with E-state index in [1.807, 2.05) is 35.0 Å². The van der Waals surface area contributed by atoms with Crippen LogP contribution >= 0.6 is 31.9 Å². The molecule has 3 aromatic rings. The van der Waals surface area contributed by atoms with E-state index in [0.29, 0.717) is 0 Å². The van der Waals surface area contributed by atoms with Crippen LogP contribution in [-0.2, 0) is 6.54 Å². The second-order valence-corrected chi connectivity index (χ2v) is 5.75. The van der Waals surface area contributed by atoms with Crippen LogP contribution < -0.4 is 0 Å². The van der Waals surface area contributed by atoms with Gasteiger partial charge in [-0.05, 0) is 45.8 Å². The Bertz CT molecular complexity index is 689. The number of nitrogens with zero attached hydrogens (tertiary/aromatic N) is 3. The summed E-state index contributed by atoms with van der Waals surface area (Å²) in [7, 11) is 0. The Balaban J connectivity index is 2.00. The summed E-state index contributed by atoms with van der Waals surface area (Å²) in [6, 6.07) is 14.2. The van der Waals surface area contributed by atoms with Crippen molar-refractivity contribution in [3.05, 3.63) is 57.0 Å². The predicted molar refractivity (Wildman–Crippen MR) is 78.5 cm³/mol. The van der Waals surface area contributed by atoms with Crippen molar-refractivity contribution in [1.82, 2.24) is 15.0 Å². The molecule has 3 nitrogen and oxygen atoms in total. The van der Waals surface area contributed by atoms with E-state index in [1.54, 1.807) is 0 Å². The third kappa shape index (κ3) is 2.20. The van der Waals surface area contributed by atoms with Crippen molar-refractivity contribution < 1.29 is 0 Å². The van der Waals surface area contributed by atoms with Crippen LogP contribution in [0.25, 0.3) is 11.0 Å². The third-order valence-electron chi connectivity index (χ3n) is 2.74. The largest absolute Gasteiger partial charge is 0.240 e. The van der Waals surface area contributed by atoms with Crippen LogP contribution in [0.15, 0.2) is 51.4 Å². The maximum atomic E-state index is 4.20. The molecule has 0 fully saturated rings. The molecular formula is C13H9Br2N3. The van der Waals surface area contributed by atoms with Crippen LogP contribution in [-0.4, -0.2) is 15.0 Å². The van der Waals surface area contributed by atoms with Gasteiger partial charge in [0.05, 0.1) is 12.1 Å². The zero-order valence-electron chi connectivity index (χ0n) is 9.35. The van der Waals surface area contributed by atoms with E-state index in [4.69, 9.17) is 0 Å². The Morgan fingerprint density at radius 1 is 1.00 bits per heavy atom. The fourth-order valence-electron chi connectivity index (χ4n) is 1.84. The van der Waals surface area contributed by atoms with Crippen molar-refractivity contribution in [1.29, 1.82) is 0 Å². The lowest BCUT2D eigenvalue weighted by Crippen LogP contribution is -2.01. The zero-order valence-corrected chi connectivity index (χ0v) is 12.5. The molecule has 90 valence electrons. The van der Waals surface area contributed by atoms with Gasteiger partial charge in [-0.3, -0.25) is 0 Å². The summed E-state index contributed by atoms with van der Waals surface area (Å²) in [5, 5.41) is 8.39. The molecule has 1 aromatic heterocycles. The molecule has 0 aliphatic rings. The lowest BCUT2D eigenvalue weighted by molar-refractivity contribution is 0.670. The smallest absolute Gasteiger partial charge is 0.127 e. The van der Waals surface area contributed by atoms with Gasteiger partial charge in [-0.25, -0.2) is 4.68 Å². The molecule has 1 heterocycles. The molecule has 18 heavy (non-hydrogen) atoms. The average Bonchev–Trinajstić information content (AvgIpc) is 2.77. The second kappa shape index (κ2) is 4.82. The van der Waals surface area contributed by atoms with E-state index in [-0.39, 0.29) is 0 Å². The van der Waals surface area contributed by atoms with Gasteiger partial charge in [-0.2, -0.15) is 0 Å². The minimum Gasteiger partial charge on any atom is -0.240 e. The molecule has 0 N–H and O–H groups in total. The molecular weight excluding hydrogens is 358 g/mol. The van der Waals surface area contributed by atoms with E-state index in [2.05, 4.69) is 54.3 Å². The summed E-state index contributed by atoms with van der Waals surface area (Å²) in [4.78, 5) is 0. The molecule has 3 rings (SSSR count). The Morgan fingerprint density at radius 2 is 1.78 bits per heavy atom. The number of hydrogen-bond donors (Lipinski definition) is 0. The highest BCUT2D eigenvalue weighted by molar-refractivity contribution is 9.11. The molecule has 0 saturated carbocycles. The van der Waals surface area contributed by atoms with E-state index in [1.165, 1.54) is 5.56 Å². The molecule has 5 heteroatoms. The van der Waals surface area contributed by atoms with Gasteiger partial charge in [0.25, 0.3) is 0 Å². The molecule has 0 saturated heterocycles. The van der Waals surface area contributed by atoms with Crippen molar-refractivity contribution >= 4 is 42.9 Å². The quantitative estimate of drug-likeness (QED) is 0.686. The first-order valence-corrected chi connectivity index (χ1v) is 7.05. The maximum absolute atomic E-state index is 4.20. The van der Waals surface area contributed by atoms with Gasteiger partial charge in [0.1, 0.15) is 5.52 Å². The number of rotatable bonds is 2. The van der Waals surface area contributed by atoms with E-state index in [0.717, 1.165) is 26.5 Å². The monoisotopic (exact) mass is 365 g/mol. The van der Waals surface area contributed by atoms with Gasteiger partial charge < -0.3 is 0 Å². The van der Waals surface area contributed by atoms with E-state index < -0.39 is 0 Å². The first-order chi connectivity index (χ1) is 8.74. The van der Waals surface area contributed by atoms with Crippen LogP contribution in [0, 0.1) is 0 Å². The highest BCUT2D eigenvalue weighted by Crippen LogP contribution is 2.21. The number of benzene rings is 2. The first kappa shape index (κ1) is 11.9. The van der Waals surface area contributed by atoms with Gasteiger partial charge in [-0.1, -0.05) is 39.3 Å². The summed E-state index contributed by atoms with van der Waals surface area (Å²) in [6.07, 6.45) is 0. The minimum atomic E-state index is 0.722. The average molecular weight is 367 g/mol. The SMILES string of the molecule is Brc1ccc(Cn2nnc3c(Br)cccc32)cc1. The van der Waals surface area contributed by atoms with Crippen molar-refractivity contribution in [3.8, 4) is 0 Å². The van der Waals surface area contributed by atoms with Gasteiger partial charge in [0.2, 0.25) is 0 Å². The lowest BCUT2D eigenvalue weighted by atomic mass is 10.2. The zero-order chi connectivity index (χ0) is 12.5. The molecule has 0 unspecified atom stereocenters. The van der Waals surface area contributed by atoms with Crippen LogP contribution in [0.3, 0.4) is 0 Å². The highest BCUT2D eigenvalue weighted by Gasteiger charge is 2.07. The lowest BCUT2D eigenvalue weighted by Gasteiger charge is -2.03. The van der Waals surface area contributed by atoms with Gasteiger partial charge in [0, 0.05) is 8.95 Å². The maximum Gasteiger partial charge on any atom is 0.127 e. The number of fused-ring (bicyclic) bond motifs is 1. The highest BCUT2D eigenvalue weighted by atomic mass is 79.9. The standard InChI is InChI=1S/C13H9Br2N3/c14-10-6-4-9(5-7-10)8-18-12-3-1-2-11(15)13(12)16-17-18/h1-7H,8H2. The number of aromatic nitrogens is 3. The first-order valence-electron chi connectivity index (χ1n) is 5.46. The van der Waals surface area contributed by atoms with Gasteiger partial charge >= 0.3 is 0 Å². The minimum absolute atomic E-state index is 0.722. The van der Waals surface area contributed by atoms with E-state index in [9.17, 15) is 0 Å². The fourth-order valence-corrected chi connectivity index (χ4v) is 2.54. The summed E-state index contributed by atoms with van der Waals surface area (Å²) in [5.74, 6) is 0. The number of halogens is 2. The van der Waals surface area contributed by atoms with Crippen LogP contribution in [0.2, 0.25) is 0 Å². The molecule has 0 aliphatic heterocycles. The summed E-state index contributed by atoms with van der Waals surface area (Å²) < 4.78 is 3.96. The molecule has 0 radical (unpaired) electrons. The Hall–Kier alpha value is -1.20. The van der Waals surface area contributed by atoms with Crippen LogP contribution in [0.1, 0.15) is 5.56 Å². The van der Waals surface area contributed by atoms with Gasteiger partial charge in [0.15, 0.2) is 0 Å². The van der Waals surface area contributed by atoms with E-state index >= 15 is 0 Å². The molecule has 0 atom stereocenters. The second-order valence-electron chi connectivity index (χ2n) is 3.98. The van der Waals surface area contributed by atoms with Crippen LogP contribution in [0.5, 0.6) is 0 Å². The number of hydrogen-bond acceptors (Lipinski definition) is 2. The van der Waals surface area contributed by atoms with Gasteiger partial charge in [-0.15, -0.1) is 5.10 Å². The van der Waals surface area contributed by atoms with Crippen molar-refractivity contribution in [3.63, 3.8) is 0 Å². The Labute approximate surface area is 121 Å². The molecule has 0 spiro atoms. The third-order valence-corrected chi connectivity index (χ3v) is 3.91. The predicted octanol–water partition coefficient (Wildman–Crippen LogP) is 4.00. The molecule has 2 aromatic carbocycles.